The van der Waals surface area contributed by atoms with E-state index in [4.69, 9.17) is 13.9 Å². The van der Waals surface area contributed by atoms with Crippen LogP contribution >= 0.6 is 0 Å². The standard InChI is InChI=1S/C26H34N2O5Si/c1-16(29)32-23-22(20-11-17(13-27)9-10-21(20)33-26(23,5)6)28-14-19(25(2,3)4)12-18(24(28)30)15-31-34(7)8/h9-12,14,22-23,34H,15H2,1-8H3/t22-,23+/m1/s1. The van der Waals surface area contributed by atoms with Crippen molar-refractivity contribution >= 4 is 15.0 Å². The first-order chi connectivity index (χ1) is 15.7. The lowest BCUT2D eigenvalue weighted by Crippen LogP contribution is -2.54. The third-order valence-corrected chi connectivity index (χ3v) is 6.78. The number of carbonyl (C=O) groups excluding carboxylic acids is 1. The highest BCUT2D eigenvalue weighted by molar-refractivity contribution is 6.48. The molecule has 0 aliphatic carbocycles. The molecule has 0 saturated heterocycles. The highest BCUT2D eigenvalue weighted by atomic mass is 28.3. The Kier molecular flexibility index (Phi) is 7.11. The van der Waals surface area contributed by atoms with E-state index in [2.05, 4.69) is 39.9 Å². The van der Waals surface area contributed by atoms with Crippen LogP contribution in [0.5, 0.6) is 5.75 Å². The fourth-order valence-electron chi connectivity index (χ4n) is 4.15. The maximum absolute atomic E-state index is 13.8. The van der Waals surface area contributed by atoms with Crippen molar-refractivity contribution in [2.75, 3.05) is 0 Å². The predicted molar refractivity (Wildman–Crippen MR) is 133 cm³/mol. The first-order valence-electron chi connectivity index (χ1n) is 11.5. The first kappa shape index (κ1) is 25.7. The van der Waals surface area contributed by atoms with Gasteiger partial charge in [0.2, 0.25) is 0 Å². The molecule has 1 aromatic carbocycles. The Labute approximate surface area is 203 Å². The van der Waals surface area contributed by atoms with Gasteiger partial charge in [-0.3, -0.25) is 9.59 Å². The number of hydrogen-bond donors (Lipinski definition) is 0. The van der Waals surface area contributed by atoms with Crippen molar-refractivity contribution in [3.05, 3.63) is 63.1 Å². The van der Waals surface area contributed by atoms with Crippen LogP contribution in [0.25, 0.3) is 0 Å². The second-order valence-corrected chi connectivity index (χ2v) is 13.1. The summed E-state index contributed by atoms with van der Waals surface area (Å²) in [4.78, 5) is 26.0. The minimum atomic E-state index is -1.36. The van der Waals surface area contributed by atoms with E-state index in [9.17, 15) is 14.9 Å². The van der Waals surface area contributed by atoms with Gasteiger partial charge in [0.05, 0.1) is 18.2 Å². The van der Waals surface area contributed by atoms with Crippen LogP contribution in [0.4, 0.5) is 0 Å². The van der Waals surface area contributed by atoms with Gasteiger partial charge in [0, 0.05) is 24.2 Å². The van der Waals surface area contributed by atoms with Crippen molar-refractivity contribution < 1.29 is 18.7 Å². The maximum Gasteiger partial charge on any atom is 0.303 e. The van der Waals surface area contributed by atoms with E-state index in [1.165, 1.54) is 6.92 Å². The van der Waals surface area contributed by atoms with Gasteiger partial charge in [0.1, 0.15) is 17.4 Å². The molecule has 7 nitrogen and oxygen atoms in total. The Morgan fingerprint density at radius 1 is 1.26 bits per heavy atom. The van der Waals surface area contributed by atoms with E-state index in [-0.39, 0.29) is 17.6 Å². The molecule has 34 heavy (non-hydrogen) atoms. The van der Waals surface area contributed by atoms with Crippen molar-refractivity contribution in [2.45, 2.75) is 84.4 Å². The lowest BCUT2D eigenvalue weighted by Gasteiger charge is -2.44. The molecule has 0 saturated carbocycles. The normalized spacial score (nSPS) is 19.2. The third-order valence-electron chi connectivity index (χ3n) is 5.95. The molecule has 182 valence electrons. The van der Waals surface area contributed by atoms with Crippen LogP contribution in [-0.2, 0) is 26.0 Å². The highest BCUT2D eigenvalue weighted by Crippen LogP contribution is 2.43. The summed E-state index contributed by atoms with van der Waals surface area (Å²) in [6.45, 7) is 15.6. The van der Waals surface area contributed by atoms with Crippen LogP contribution in [-0.4, -0.2) is 31.3 Å². The number of aromatic nitrogens is 1. The molecule has 1 aromatic heterocycles. The topological polar surface area (TPSA) is 90.5 Å². The molecule has 2 aromatic rings. The molecule has 0 N–H and O–H groups in total. The summed E-state index contributed by atoms with van der Waals surface area (Å²) in [5.41, 5.74) is 1.20. The number of nitrogens with zero attached hydrogens (tertiary/aromatic N) is 2. The molecule has 0 bridgehead atoms. The minimum Gasteiger partial charge on any atom is -0.484 e. The second-order valence-electron chi connectivity index (χ2n) is 10.6. The Hall–Kier alpha value is -2.89. The number of rotatable bonds is 5. The fraction of sp³-hybridized carbons (Fsp3) is 0.500. The molecule has 0 amide bonds. The molecule has 0 unspecified atom stereocenters. The third kappa shape index (κ3) is 5.26. The van der Waals surface area contributed by atoms with Crippen molar-refractivity contribution in [1.29, 1.82) is 5.26 Å². The summed E-state index contributed by atoms with van der Waals surface area (Å²) < 4.78 is 19.6. The zero-order chi connectivity index (χ0) is 25.4. The lowest BCUT2D eigenvalue weighted by molar-refractivity contribution is -0.163. The maximum atomic E-state index is 13.8. The summed E-state index contributed by atoms with van der Waals surface area (Å²) in [5, 5.41) is 9.52. The number of esters is 1. The molecule has 1 aliphatic rings. The monoisotopic (exact) mass is 482 g/mol. The number of hydrogen-bond acceptors (Lipinski definition) is 6. The molecule has 2 atom stereocenters. The van der Waals surface area contributed by atoms with Gasteiger partial charge in [-0.25, -0.2) is 0 Å². The van der Waals surface area contributed by atoms with E-state index in [1.54, 1.807) is 22.8 Å². The smallest absolute Gasteiger partial charge is 0.303 e. The Morgan fingerprint density at radius 2 is 1.94 bits per heavy atom. The number of benzene rings is 1. The van der Waals surface area contributed by atoms with Crippen LogP contribution in [0, 0.1) is 11.3 Å². The van der Waals surface area contributed by atoms with Crippen molar-refractivity contribution in [3.8, 4) is 11.8 Å². The summed E-state index contributed by atoms with van der Waals surface area (Å²) in [6, 6.07) is 8.51. The number of pyridine rings is 1. The first-order valence-corrected chi connectivity index (χ1v) is 14.3. The predicted octanol–water partition coefficient (Wildman–Crippen LogP) is 4.21. The fourth-order valence-corrected chi connectivity index (χ4v) is 4.66. The SMILES string of the molecule is CC(=O)O[C@H]1[C@H](n2cc(C(C)(C)C)cc(CO[SiH](C)C)c2=O)c2cc(C#N)ccc2OC1(C)C. The average molecular weight is 483 g/mol. The number of fused-ring (bicyclic) bond motifs is 1. The second kappa shape index (κ2) is 9.39. The molecule has 1 aliphatic heterocycles. The summed E-state index contributed by atoms with van der Waals surface area (Å²) in [7, 11) is -1.36. The molecular weight excluding hydrogens is 448 g/mol. The van der Waals surface area contributed by atoms with Gasteiger partial charge in [-0.15, -0.1) is 0 Å². The Balaban J connectivity index is 2.35. The quantitative estimate of drug-likeness (QED) is 0.468. The molecule has 0 fully saturated rings. The van der Waals surface area contributed by atoms with Gasteiger partial charge >= 0.3 is 5.97 Å². The van der Waals surface area contributed by atoms with Crippen LogP contribution in [0.3, 0.4) is 0 Å². The van der Waals surface area contributed by atoms with Gasteiger partial charge < -0.3 is 18.5 Å². The van der Waals surface area contributed by atoms with Crippen molar-refractivity contribution in [2.24, 2.45) is 0 Å². The number of carbonyl (C=O) groups is 1. The number of ether oxygens (including phenoxy) is 2. The van der Waals surface area contributed by atoms with Gasteiger partial charge in [0.15, 0.2) is 15.1 Å². The van der Waals surface area contributed by atoms with E-state index in [1.807, 2.05) is 26.1 Å². The minimum absolute atomic E-state index is 0.212. The zero-order valence-electron chi connectivity index (χ0n) is 21.3. The van der Waals surface area contributed by atoms with Gasteiger partial charge in [0.25, 0.3) is 5.56 Å². The van der Waals surface area contributed by atoms with Gasteiger partial charge in [-0.05, 0) is 62.2 Å². The van der Waals surface area contributed by atoms with E-state index in [0.29, 0.717) is 22.4 Å². The van der Waals surface area contributed by atoms with Crippen LogP contribution in [0.1, 0.15) is 69.8 Å². The lowest BCUT2D eigenvalue weighted by atomic mass is 9.84. The molecular formula is C26H34N2O5Si. The largest absolute Gasteiger partial charge is 0.484 e. The average Bonchev–Trinajstić information content (AvgIpc) is 2.72. The van der Waals surface area contributed by atoms with E-state index in [0.717, 1.165) is 5.56 Å². The molecule has 0 spiro atoms. The van der Waals surface area contributed by atoms with E-state index < -0.39 is 32.8 Å². The van der Waals surface area contributed by atoms with Crippen molar-refractivity contribution in [1.82, 2.24) is 4.57 Å². The van der Waals surface area contributed by atoms with Crippen LogP contribution < -0.4 is 10.3 Å². The van der Waals surface area contributed by atoms with Crippen LogP contribution in [0.2, 0.25) is 13.1 Å². The molecule has 0 radical (unpaired) electrons. The summed E-state index contributed by atoms with van der Waals surface area (Å²) in [5.74, 6) is 0.0822. The Morgan fingerprint density at radius 3 is 2.50 bits per heavy atom. The summed E-state index contributed by atoms with van der Waals surface area (Å²) in [6.07, 6.45) is 1.04. The Bertz CT molecular complexity index is 1190. The number of nitriles is 1. The zero-order valence-corrected chi connectivity index (χ0v) is 22.4. The van der Waals surface area contributed by atoms with Crippen LogP contribution in [0.15, 0.2) is 35.3 Å². The molecule has 8 heteroatoms. The summed E-state index contributed by atoms with van der Waals surface area (Å²) >= 11 is 0. The highest BCUT2D eigenvalue weighted by Gasteiger charge is 2.48. The van der Waals surface area contributed by atoms with Crippen molar-refractivity contribution in [3.63, 3.8) is 0 Å². The van der Waals surface area contributed by atoms with Gasteiger partial charge in [-0.2, -0.15) is 5.26 Å². The van der Waals surface area contributed by atoms with E-state index >= 15 is 0 Å². The molecule has 2 heterocycles. The molecule has 3 rings (SSSR count). The van der Waals surface area contributed by atoms with Gasteiger partial charge in [-0.1, -0.05) is 20.8 Å².